The molecule has 1 fully saturated rings. The molecular formula is C20H22N4OS. The Bertz CT molecular complexity index is 886. The van der Waals surface area contributed by atoms with Crippen LogP contribution in [0.25, 0.3) is 0 Å². The molecule has 0 bridgehead atoms. The summed E-state index contributed by atoms with van der Waals surface area (Å²) in [5.41, 5.74) is 1.21. The van der Waals surface area contributed by atoms with Crippen LogP contribution in [0.3, 0.4) is 0 Å². The fourth-order valence-corrected chi connectivity index (χ4v) is 4.41. The summed E-state index contributed by atoms with van der Waals surface area (Å²) >= 11 is 1.58. The van der Waals surface area contributed by atoms with Crippen molar-refractivity contribution in [1.29, 1.82) is 0 Å². The molecule has 1 saturated heterocycles. The summed E-state index contributed by atoms with van der Waals surface area (Å²) in [7, 11) is 0. The van der Waals surface area contributed by atoms with Crippen LogP contribution in [0, 0.1) is 6.92 Å². The normalized spacial score (nSPS) is 17.4. The first kappa shape index (κ1) is 17.0. The number of piperidine rings is 1. The summed E-state index contributed by atoms with van der Waals surface area (Å²) in [6.45, 7) is 4.39. The number of nitrogens with zero attached hydrogens (tertiary/aromatic N) is 4. The van der Waals surface area contributed by atoms with E-state index in [2.05, 4.69) is 14.5 Å². The van der Waals surface area contributed by atoms with E-state index in [0.717, 1.165) is 43.2 Å². The van der Waals surface area contributed by atoms with Crippen LogP contribution in [0.15, 0.2) is 49.1 Å². The smallest absolute Gasteiger partial charge is 0.263 e. The molecule has 6 heteroatoms. The third-order valence-corrected chi connectivity index (χ3v) is 5.86. The van der Waals surface area contributed by atoms with Crippen molar-refractivity contribution in [3.8, 4) is 0 Å². The van der Waals surface area contributed by atoms with Gasteiger partial charge in [-0.05, 0) is 49.6 Å². The number of hydrogen-bond donors (Lipinski definition) is 0. The minimum atomic E-state index is 0.153. The third-order valence-electron chi connectivity index (χ3n) is 4.87. The standard InChI is InChI=1S/C20H22N4OS/c1-15-4-5-18(26-15)20(25)24-11-2-3-17(14-24)19-22-10-12-23(19)13-16-6-8-21-9-7-16/h4-10,12,17H,2-3,11,13-14H2,1H3/t17-/m1/s1. The Morgan fingerprint density at radius 2 is 2.08 bits per heavy atom. The fraction of sp³-hybridized carbons (Fsp3) is 0.350. The average Bonchev–Trinajstić information content (AvgIpc) is 3.31. The number of carbonyl (C=O) groups is 1. The minimum absolute atomic E-state index is 0.153. The van der Waals surface area contributed by atoms with Crippen LogP contribution in [0.5, 0.6) is 0 Å². The van der Waals surface area contributed by atoms with Gasteiger partial charge >= 0.3 is 0 Å². The van der Waals surface area contributed by atoms with Gasteiger partial charge in [-0.15, -0.1) is 11.3 Å². The molecule has 0 spiro atoms. The molecule has 0 N–H and O–H groups in total. The van der Waals surface area contributed by atoms with Gasteiger partial charge in [-0.25, -0.2) is 4.98 Å². The van der Waals surface area contributed by atoms with Crippen LogP contribution in [0.1, 0.15) is 44.7 Å². The van der Waals surface area contributed by atoms with Gasteiger partial charge in [-0.2, -0.15) is 0 Å². The average molecular weight is 366 g/mol. The summed E-state index contributed by atoms with van der Waals surface area (Å²) in [5.74, 6) is 1.51. The Morgan fingerprint density at radius 3 is 2.85 bits per heavy atom. The van der Waals surface area contributed by atoms with Gasteiger partial charge in [-0.1, -0.05) is 0 Å². The zero-order valence-corrected chi connectivity index (χ0v) is 15.7. The van der Waals surface area contributed by atoms with Gasteiger partial charge < -0.3 is 9.47 Å². The van der Waals surface area contributed by atoms with Gasteiger partial charge in [-0.3, -0.25) is 9.78 Å². The Kier molecular flexibility index (Phi) is 4.84. The highest BCUT2D eigenvalue weighted by molar-refractivity contribution is 7.13. The topological polar surface area (TPSA) is 51.0 Å². The summed E-state index contributed by atoms with van der Waals surface area (Å²) in [6.07, 6.45) is 9.61. The van der Waals surface area contributed by atoms with E-state index in [1.807, 2.05) is 60.9 Å². The van der Waals surface area contributed by atoms with E-state index < -0.39 is 0 Å². The van der Waals surface area contributed by atoms with Crippen molar-refractivity contribution in [3.63, 3.8) is 0 Å². The van der Waals surface area contributed by atoms with Crippen molar-refractivity contribution >= 4 is 17.2 Å². The van der Waals surface area contributed by atoms with Crippen LogP contribution in [0.2, 0.25) is 0 Å². The second kappa shape index (κ2) is 7.41. The highest BCUT2D eigenvalue weighted by Gasteiger charge is 2.28. The van der Waals surface area contributed by atoms with Gasteiger partial charge in [0, 0.05) is 55.2 Å². The maximum absolute atomic E-state index is 12.8. The number of likely N-dealkylation sites (tertiary alicyclic amines) is 1. The van der Waals surface area contributed by atoms with Crippen molar-refractivity contribution in [1.82, 2.24) is 19.4 Å². The van der Waals surface area contributed by atoms with E-state index in [-0.39, 0.29) is 11.8 Å². The Labute approximate surface area is 157 Å². The quantitative estimate of drug-likeness (QED) is 0.707. The van der Waals surface area contributed by atoms with Gasteiger partial charge in [0.1, 0.15) is 5.82 Å². The second-order valence-electron chi connectivity index (χ2n) is 6.77. The van der Waals surface area contributed by atoms with Gasteiger partial charge in [0.25, 0.3) is 5.91 Å². The lowest BCUT2D eigenvalue weighted by Crippen LogP contribution is -2.39. The molecule has 0 radical (unpaired) electrons. The molecule has 1 aliphatic rings. The summed E-state index contributed by atoms with van der Waals surface area (Å²) in [6, 6.07) is 8.01. The molecule has 3 aromatic heterocycles. The van der Waals surface area contributed by atoms with E-state index in [1.54, 1.807) is 11.3 Å². The second-order valence-corrected chi connectivity index (χ2v) is 8.06. The molecule has 0 unspecified atom stereocenters. The molecule has 1 amide bonds. The van der Waals surface area contributed by atoms with Crippen molar-refractivity contribution in [2.24, 2.45) is 0 Å². The molecule has 0 aromatic carbocycles. The first-order valence-corrected chi connectivity index (χ1v) is 9.78. The predicted molar refractivity (Wildman–Crippen MR) is 103 cm³/mol. The lowest BCUT2D eigenvalue weighted by atomic mass is 9.97. The van der Waals surface area contributed by atoms with Gasteiger partial charge in [0.15, 0.2) is 0 Å². The van der Waals surface area contributed by atoms with E-state index in [0.29, 0.717) is 0 Å². The number of aromatic nitrogens is 3. The zero-order valence-electron chi connectivity index (χ0n) is 14.8. The van der Waals surface area contributed by atoms with E-state index >= 15 is 0 Å². The number of hydrogen-bond acceptors (Lipinski definition) is 4. The maximum atomic E-state index is 12.8. The number of carbonyl (C=O) groups excluding carboxylic acids is 1. The van der Waals surface area contributed by atoms with Crippen molar-refractivity contribution in [2.45, 2.75) is 32.2 Å². The molecule has 1 atom stereocenters. The Balaban J connectivity index is 1.50. The molecule has 4 heterocycles. The van der Waals surface area contributed by atoms with E-state index in [1.165, 1.54) is 10.4 Å². The first-order valence-electron chi connectivity index (χ1n) is 8.96. The Morgan fingerprint density at radius 1 is 1.23 bits per heavy atom. The van der Waals surface area contributed by atoms with Crippen LogP contribution < -0.4 is 0 Å². The van der Waals surface area contributed by atoms with Gasteiger partial charge in [0.2, 0.25) is 0 Å². The van der Waals surface area contributed by atoms with Crippen molar-refractivity contribution < 1.29 is 4.79 Å². The molecule has 26 heavy (non-hydrogen) atoms. The molecule has 4 rings (SSSR count). The molecule has 0 saturated carbocycles. The Hall–Kier alpha value is -2.47. The highest BCUT2D eigenvalue weighted by atomic mass is 32.1. The number of amides is 1. The fourth-order valence-electron chi connectivity index (χ4n) is 3.58. The molecule has 0 aliphatic carbocycles. The SMILES string of the molecule is Cc1ccc(C(=O)N2CCC[C@@H](c3nccn3Cc3ccncc3)C2)s1. The van der Waals surface area contributed by atoms with Crippen LogP contribution >= 0.6 is 11.3 Å². The summed E-state index contributed by atoms with van der Waals surface area (Å²) in [4.78, 5) is 25.5. The molecular weight excluding hydrogens is 344 g/mol. The summed E-state index contributed by atoms with van der Waals surface area (Å²) in [5, 5.41) is 0. The third kappa shape index (κ3) is 3.55. The molecule has 134 valence electrons. The van der Waals surface area contributed by atoms with Gasteiger partial charge in [0.05, 0.1) is 4.88 Å². The number of thiophene rings is 1. The number of aryl methyl sites for hydroxylation is 1. The first-order chi connectivity index (χ1) is 12.7. The molecule has 3 aromatic rings. The van der Waals surface area contributed by atoms with Crippen molar-refractivity contribution in [2.75, 3.05) is 13.1 Å². The lowest BCUT2D eigenvalue weighted by molar-refractivity contribution is 0.0708. The van der Waals surface area contributed by atoms with Crippen LogP contribution in [-0.4, -0.2) is 38.4 Å². The van der Waals surface area contributed by atoms with Crippen molar-refractivity contribution in [3.05, 3.63) is 70.2 Å². The molecule has 1 aliphatic heterocycles. The molecule has 5 nitrogen and oxygen atoms in total. The minimum Gasteiger partial charge on any atom is -0.337 e. The monoisotopic (exact) mass is 366 g/mol. The maximum Gasteiger partial charge on any atom is 0.263 e. The highest BCUT2D eigenvalue weighted by Crippen LogP contribution is 2.28. The summed E-state index contributed by atoms with van der Waals surface area (Å²) < 4.78 is 2.20. The van der Waals surface area contributed by atoms with E-state index in [9.17, 15) is 4.79 Å². The van der Waals surface area contributed by atoms with Crippen LogP contribution in [-0.2, 0) is 6.54 Å². The number of rotatable bonds is 4. The largest absolute Gasteiger partial charge is 0.337 e. The van der Waals surface area contributed by atoms with E-state index in [4.69, 9.17) is 0 Å². The van der Waals surface area contributed by atoms with Crippen LogP contribution in [0.4, 0.5) is 0 Å². The number of pyridine rings is 1. The number of imidazole rings is 1. The predicted octanol–water partition coefficient (Wildman–Crippen LogP) is 3.72. The zero-order chi connectivity index (χ0) is 17.9. The lowest BCUT2D eigenvalue weighted by Gasteiger charge is -2.32.